The molecule has 0 atom stereocenters. The van der Waals surface area contributed by atoms with Crippen molar-refractivity contribution in [2.24, 2.45) is 0 Å². The molecule has 0 aliphatic carbocycles. The van der Waals surface area contributed by atoms with Crippen LogP contribution >= 0.6 is 0 Å². The van der Waals surface area contributed by atoms with Crippen molar-refractivity contribution >= 4 is 6.08 Å². The summed E-state index contributed by atoms with van der Waals surface area (Å²) in [4.78, 5) is 8.65. The lowest BCUT2D eigenvalue weighted by Crippen LogP contribution is -2.00. The maximum atomic E-state index is 4.41. The Morgan fingerprint density at radius 1 is 1.50 bits per heavy atom. The molecule has 0 aliphatic rings. The van der Waals surface area contributed by atoms with E-state index in [2.05, 4.69) is 30.4 Å². The largest absolute Gasteiger partial charge is 0.257 e. The molecule has 1 aromatic rings. The van der Waals surface area contributed by atoms with E-state index >= 15 is 0 Å². The van der Waals surface area contributed by atoms with Gasteiger partial charge in [0.1, 0.15) is 0 Å². The summed E-state index contributed by atoms with van der Waals surface area (Å²) in [5.74, 6) is 0.428. The topological polar surface area (TPSA) is 25.8 Å². The Labute approximate surface area is 73.4 Å². The average Bonchev–Trinajstić information content (AvgIpc) is 2.05. The number of aryl methyl sites for hydroxylation is 1. The van der Waals surface area contributed by atoms with Crippen LogP contribution in [0.2, 0.25) is 0 Å². The average molecular weight is 162 g/mol. The molecule has 1 aromatic heterocycles. The fourth-order valence-corrected chi connectivity index (χ4v) is 1.12. The normalized spacial score (nSPS) is 10.3. The zero-order valence-corrected chi connectivity index (χ0v) is 7.83. The molecular weight excluding hydrogens is 148 g/mol. The summed E-state index contributed by atoms with van der Waals surface area (Å²) in [7, 11) is 0. The highest BCUT2D eigenvalue weighted by Crippen LogP contribution is 2.14. The minimum absolute atomic E-state index is 0.428. The fourth-order valence-electron chi connectivity index (χ4n) is 1.12. The van der Waals surface area contributed by atoms with E-state index in [0.717, 1.165) is 17.1 Å². The summed E-state index contributed by atoms with van der Waals surface area (Å²) >= 11 is 0. The van der Waals surface area contributed by atoms with E-state index in [1.165, 1.54) is 0 Å². The molecule has 12 heavy (non-hydrogen) atoms. The molecule has 0 bridgehead atoms. The van der Waals surface area contributed by atoms with E-state index in [1.807, 2.05) is 6.92 Å². The summed E-state index contributed by atoms with van der Waals surface area (Å²) < 4.78 is 0. The van der Waals surface area contributed by atoms with Crippen LogP contribution in [0.15, 0.2) is 12.8 Å². The van der Waals surface area contributed by atoms with Gasteiger partial charge < -0.3 is 0 Å². The highest BCUT2D eigenvalue weighted by atomic mass is 14.8. The van der Waals surface area contributed by atoms with Crippen molar-refractivity contribution in [3.63, 3.8) is 0 Å². The van der Waals surface area contributed by atoms with Gasteiger partial charge in [0.25, 0.3) is 0 Å². The molecule has 0 saturated carbocycles. The molecule has 64 valence electrons. The van der Waals surface area contributed by atoms with Gasteiger partial charge in [-0.05, 0) is 18.9 Å². The highest BCUT2D eigenvalue weighted by Gasteiger charge is 2.05. The Balaban J connectivity index is 3.16. The molecule has 0 aliphatic heterocycles. The van der Waals surface area contributed by atoms with E-state index < -0.39 is 0 Å². The van der Waals surface area contributed by atoms with Crippen LogP contribution in [0.5, 0.6) is 0 Å². The molecule has 0 spiro atoms. The van der Waals surface area contributed by atoms with Crippen LogP contribution in [0.1, 0.15) is 36.8 Å². The molecule has 0 saturated heterocycles. The Hall–Kier alpha value is -1.18. The van der Waals surface area contributed by atoms with Crippen molar-refractivity contribution in [2.75, 3.05) is 0 Å². The van der Waals surface area contributed by atoms with Gasteiger partial charge in [-0.1, -0.05) is 20.4 Å². The number of aromatic nitrogens is 2. The lowest BCUT2D eigenvalue weighted by atomic mass is 10.1. The van der Waals surface area contributed by atoms with Crippen molar-refractivity contribution in [1.82, 2.24) is 9.97 Å². The standard InChI is InChI=1S/C10H14N2/c1-5-9-6-11-8(4)10(12-9)7(2)3/h5-7H,1H2,2-4H3. The van der Waals surface area contributed by atoms with Crippen molar-refractivity contribution < 1.29 is 0 Å². The van der Waals surface area contributed by atoms with Gasteiger partial charge in [0.2, 0.25) is 0 Å². The van der Waals surface area contributed by atoms with Crippen molar-refractivity contribution in [2.45, 2.75) is 26.7 Å². The van der Waals surface area contributed by atoms with E-state index in [-0.39, 0.29) is 0 Å². The van der Waals surface area contributed by atoms with Crippen LogP contribution in [-0.4, -0.2) is 9.97 Å². The third kappa shape index (κ3) is 1.70. The second-order valence-electron chi connectivity index (χ2n) is 3.12. The van der Waals surface area contributed by atoms with Gasteiger partial charge in [-0.25, -0.2) is 4.98 Å². The quantitative estimate of drug-likeness (QED) is 0.667. The van der Waals surface area contributed by atoms with Crippen LogP contribution in [0.4, 0.5) is 0 Å². The van der Waals surface area contributed by atoms with Crippen LogP contribution in [0, 0.1) is 6.92 Å². The Bertz CT molecular complexity index is 290. The van der Waals surface area contributed by atoms with Crippen molar-refractivity contribution in [3.8, 4) is 0 Å². The zero-order valence-electron chi connectivity index (χ0n) is 7.83. The van der Waals surface area contributed by atoms with Gasteiger partial charge in [-0.2, -0.15) is 0 Å². The number of hydrogen-bond acceptors (Lipinski definition) is 2. The molecule has 0 fully saturated rings. The van der Waals surface area contributed by atoms with E-state index in [9.17, 15) is 0 Å². The summed E-state index contributed by atoms with van der Waals surface area (Å²) in [6.07, 6.45) is 3.46. The van der Waals surface area contributed by atoms with Crippen molar-refractivity contribution in [1.29, 1.82) is 0 Å². The van der Waals surface area contributed by atoms with Crippen LogP contribution in [-0.2, 0) is 0 Å². The van der Waals surface area contributed by atoms with Gasteiger partial charge in [-0.15, -0.1) is 0 Å². The molecule has 0 amide bonds. The predicted octanol–water partition coefficient (Wildman–Crippen LogP) is 2.55. The molecule has 2 nitrogen and oxygen atoms in total. The van der Waals surface area contributed by atoms with Crippen molar-refractivity contribution in [3.05, 3.63) is 29.9 Å². The maximum absolute atomic E-state index is 4.41. The van der Waals surface area contributed by atoms with Crippen LogP contribution in [0.3, 0.4) is 0 Å². The van der Waals surface area contributed by atoms with E-state index in [1.54, 1.807) is 12.3 Å². The first-order chi connectivity index (χ1) is 5.65. The molecule has 0 unspecified atom stereocenters. The van der Waals surface area contributed by atoms with Gasteiger partial charge in [0.05, 0.1) is 23.3 Å². The zero-order chi connectivity index (χ0) is 9.14. The number of hydrogen-bond donors (Lipinski definition) is 0. The molecule has 0 N–H and O–H groups in total. The first kappa shape index (κ1) is 8.91. The third-order valence-electron chi connectivity index (χ3n) is 1.77. The van der Waals surface area contributed by atoms with E-state index in [4.69, 9.17) is 0 Å². The van der Waals surface area contributed by atoms with Crippen LogP contribution < -0.4 is 0 Å². The molecule has 1 heterocycles. The lowest BCUT2D eigenvalue weighted by molar-refractivity contribution is 0.793. The lowest BCUT2D eigenvalue weighted by Gasteiger charge is -2.07. The number of rotatable bonds is 2. The monoisotopic (exact) mass is 162 g/mol. The summed E-state index contributed by atoms with van der Waals surface area (Å²) in [6, 6.07) is 0. The Kier molecular flexibility index (Phi) is 2.58. The molecular formula is C10H14N2. The Morgan fingerprint density at radius 2 is 2.17 bits per heavy atom. The minimum atomic E-state index is 0.428. The SMILES string of the molecule is C=Cc1cnc(C)c(C(C)C)n1. The second-order valence-corrected chi connectivity index (χ2v) is 3.12. The summed E-state index contributed by atoms with van der Waals surface area (Å²) in [6.45, 7) is 9.87. The maximum Gasteiger partial charge on any atom is 0.0810 e. The van der Waals surface area contributed by atoms with Gasteiger partial charge >= 0.3 is 0 Å². The van der Waals surface area contributed by atoms with E-state index in [0.29, 0.717) is 5.92 Å². The molecule has 0 radical (unpaired) electrons. The molecule has 0 aromatic carbocycles. The summed E-state index contributed by atoms with van der Waals surface area (Å²) in [5.41, 5.74) is 2.92. The molecule has 2 heteroatoms. The molecule has 1 rings (SSSR count). The summed E-state index contributed by atoms with van der Waals surface area (Å²) in [5, 5.41) is 0. The third-order valence-corrected chi connectivity index (χ3v) is 1.77. The van der Waals surface area contributed by atoms with Gasteiger partial charge in [0, 0.05) is 0 Å². The van der Waals surface area contributed by atoms with Crippen LogP contribution in [0.25, 0.3) is 6.08 Å². The minimum Gasteiger partial charge on any atom is -0.257 e. The van der Waals surface area contributed by atoms with Gasteiger partial charge in [-0.3, -0.25) is 4.98 Å². The number of nitrogens with zero attached hydrogens (tertiary/aromatic N) is 2. The Morgan fingerprint density at radius 3 is 2.67 bits per heavy atom. The fraction of sp³-hybridized carbons (Fsp3) is 0.400. The first-order valence-electron chi connectivity index (χ1n) is 4.11. The van der Waals surface area contributed by atoms with Gasteiger partial charge in [0.15, 0.2) is 0 Å². The predicted molar refractivity (Wildman–Crippen MR) is 50.9 cm³/mol. The first-order valence-corrected chi connectivity index (χ1v) is 4.11. The smallest absolute Gasteiger partial charge is 0.0810 e. The highest BCUT2D eigenvalue weighted by molar-refractivity contribution is 5.40. The second kappa shape index (κ2) is 3.48.